The monoisotopic (exact) mass is 383 g/mol. The number of nitro groups is 1. The number of nitrogens with zero attached hydrogens (tertiary/aromatic N) is 5. The Kier molecular flexibility index (Phi) is 4.04. The number of thiophene rings is 1. The summed E-state index contributed by atoms with van der Waals surface area (Å²) in [7, 11) is 0. The van der Waals surface area contributed by atoms with Gasteiger partial charge in [0, 0.05) is 17.7 Å². The van der Waals surface area contributed by atoms with Crippen LogP contribution < -0.4 is 0 Å². The van der Waals surface area contributed by atoms with Crippen molar-refractivity contribution in [2.75, 3.05) is 6.61 Å². The highest BCUT2D eigenvalue weighted by molar-refractivity contribution is 7.20. The Morgan fingerprint density at radius 3 is 2.74 bits per heavy atom. The van der Waals surface area contributed by atoms with Crippen LogP contribution in [0.2, 0.25) is 0 Å². The Balaban J connectivity index is 1.85. The zero-order valence-corrected chi connectivity index (χ0v) is 15.2. The van der Waals surface area contributed by atoms with Crippen molar-refractivity contribution in [3.63, 3.8) is 0 Å². The predicted octanol–water partition coefficient (Wildman–Crippen LogP) is 3.40. The number of nitro benzene ring substituents is 1. The van der Waals surface area contributed by atoms with E-state index in [0.29, 0.717) is 33.3 Å². The molecule has 0 aliphatic rings. The molecule has 0 radical (unpaired) electrons. The topological polar surface area (TPSA) is 113 Å². The van der Waals surface area contributed by atoms with Gasteiger partial charge in [-0.05, 0) is 31.5 Å². The molecule has 0 amide bonds. The van der Waals surface area contributed by atoms with Crippen LogP contribution in [0, 0.1) is 17.0 Å². The molecule has 0 saturated carbocycles. The van der Waals surface area contributed by atoms with Crippen molar-refractivity contribution < 1.29 is 14.5 Å². The van der Waals surface area contributed by atoms with E-state index < -0.39 is 4.92 Å². The number of fused-ring (bicyclic) bond motifs is 3. The van der Waals surface area contributed by atoms with Crippen molar-refractivity contribution in [2.45, 2.75) is 13.8 Å². The molecule has 0 aliphatic heterocycles. The number of carbonyl (C=O) groups is 1. The molecular formula is C17H13N5O4S. The van der Waals surface area contributed by atoms with Crippen molar-refractivity contribution in [1.29, 1.82) is 0 Å². The predicted molar refractivity (Wildman–Crippen MR) is 98.9 cm³/mol. The maximum atomic E-state index is 12.1. The second-order valence-corrected chi connectivity index (χ2v) is 6.71. The van der Waals surface area contributed by atoms with E-state index in [1.807, 2.05) is 6.92 Å². The lowest BCUT2D eigenvalue weighted by Gasteiger charge is -1.99. The minimum atomic E-state index is -0.458. The normalized spacial score (nSPS) is 11.2. The molecule has 1 aromatic carbocycles. The fourth-order valence-electron chi connectivity index (χ4n) is 2.78. The quantitative estimate of drug-likeness (QED) is 0.301. The van der Waals surface area contributed by atoms with Gasteiger partial charge in [-0.2, -0.15) is 0 Å². The standard InChI is InChI=1S/C17H13N5O4S/c1-3-26-17(23)13-9(2)12-15-19-14(20-21(15)8-18-16(12)27-13)10-4-6-11(7-5-10)22(24)25/h4-8H,3H2,1-2H3. The summed E-state index contributed by atoms with van der Waals surface area (Å²) < 4.78 is 6.64. The lowest BCUT2D eigenvalue weighted by atomic mass is 10.2. The number of ether oxygens (including phenoxy) is 1. The molecule has 0 N–H and O–H groups in total. The molecule has 0 unspecified atom stereocenters. The molecule has 10 heteroatoms. The summed E-state index contributed by atoms with van der Waals surface area (Å²) in [6.07, 6.45) is 1.53. The van der Waals surface area contributed by atoms with Crippen molar-refractivity contribution in [3.05, 3.63) is 51.1 Å². The van der Waals surface area contributed by atoms with E-state index >= 15 is 0 Å². The Morgan fingerprint density at radius 2 is 2.07 bits per heavy atom. The third-order valence-electron chi connectivity index (χ3n) is 4.06. The molecule has 0 spiro atoms. The third-order valence-corrected chi connectivity index (χ3v) is 5.24. The molecular weight excluding hydrogens is 370 g/mol. The number of benzene rings is 1. The van der Waals surface area contributed by atoms with E-state index in [1.165, 1.54) is 34.3 Å². The Bertz CT molecular complexity index is 1200. The summed E-state index contributed by atoms with van der Waals surface area (Å²) in [6.45, 7) is 3.88. The molecule has 136 valence electrons. The Morgan fingerprint density at radius 1 is 1.33 bits per heavy atom. The zero-order valence-electron chi connectivity index (χ0n) is 14.4. The number of esters is 1. The van der Waals surface area contributed by atoms with E-state index in [4.69, 9.17) is 4.74 Å². The molecule has 4 rings (SSSR count). The van der Waals surface area contributed by atoms with E-state index in [1.54, 1.807) is 19.1 Å². The van der Waals surface area contributed by atoms with Crippen LogP contribution in [0.25, 0.3) is 27.3 Å². The molecule has 0 aliphatic carbocycles. The maximum Gasteiger partial charge on any atom is 0.348 e. The second kappa shape index (κ2) is 6.40. The average molecular weight is 383 g/mol. The molecule has 9 nitrogen and oxygen atoms in total. The first-order chi connectivity index (χ1) is 13.0. The first kappa shape index (κ1) is 17.0. The summed E-state index contributed by atoms with van der Waals surface area (Å²) in [5, 5.41) is 15.9. The Hall–Kier alpha value is -3.40. The average Bonchev–Trinajstić information content (AvgIpc) is 3.23. The van der Waals surface area contributed by atoms with Crippen LogP contribution in [0.5, 0.6) is 0 Å². The van der Waals surface area contributed by atoms with Crippen LogP contribution in [0.1, 0.15) is 22.2 Å². The number of hydrogen-bond acceptors (Lipinski definition) is 8. The number of non-ortho nitro benzene ring substituents is 1. The first-order valence-corrected chi connectivity index (χ1v) is 8.87. The number of carbonyl (C=O) groups excluding carboxylic acids is 1. The fourth-order valence-corrected chi connectivity index (χ4v) is 3.82. The first-order valence-electron chi connectivity index (χ1n) is 8.06. The van der Waals surface area contributed by atoms with Crippen molar-refractivity contribution in [2.24, 2.45) is 0 Å². The van der Waals surface area contributed by atoms with Gasteiger partial charge in [0.1, 0.15) is 16.0 Å². The second-order valence-electron chi connectivity index (χ2n) is 5.71. The number of rotatable bonds is 4. The van der Waals surface area contributed by atoms with E-state index in [2.05, 4.69) is 15.1 Å². The van der Waals surface area contributed by atoms with Gasteiger partial charge in [-0.3, -0.25) is 10.1 Å². The summed E-state index contributed by atoms with van der Waals surface area (Å²) in [5.74, 6) is 0.0359. The number of hydrogen-bond donors (Lipinski definition) is 0. The smallest absolute Gasteiger partial charge is 0.348 e. The molecule has 0 atom stereocenters. The van der Waals surface area contributed by atoms with E-state index in [-0.39, 0.29) is 11.7 Å². The SMILES string of the molecule is CCOC(=O)c1sc2ncn3nc(-c4ccc([N+](=O)[O-])cc4)nc3c2c1C. The highest BCUT2D eigenvalue weighted by Gasteiger charge is 2.21. The van der Waals surface area contributed by atoms with E-state index in [0.717, 1.165) is 10.9 Å². The number of aromatic nitrogens is 4. The van der Waals surface area contributed by atoms with Gasteiger partial charge >= 0.3 is 5.97 Å². The van der Waals surface area contributed by atoms with Crippen molar-refractivity contribution in [1.82, 2.24) is 19.6 Å². The minimum absolute atomic E-state index is 0.000622. The zero-order chi connectivity index (χ0) is 19.1. The van der Waals surface area contributed by atoms with Crippen molar-refractivity contribution in [3.8, 4) is 11.4 Å². The Labute approximate surface area is 156 Å². The highest BCUT2D eigenvalue weighted by Crippen LogP contribution is 2.33. The van der Waals surface area contributed by atoms with Gasteiger partial charge in [0.25, 0.3) is 5.69 Å². The van der Waals surface area contributed by atoms with Crippen molar-refractivity contribution >= 4 is 38.9 Å². The van der Waals surface area contributed by atoms with Crippen LogP contribution >= 0.6 is 11.3 Å². The molecule has 3 heterocycles. The summed E-state index contributed by atoms with van der Waals surface area (Å²) in [6, 6.07) is 6.01. The molecule has 0 saturated heterocycles. The third kappa shape index (κ3) is 2.79. The van der Waals surface area contributed by atoms with Gasteiger partial charge in [-0.15, -0.1) is 16.4 Å². The molecule has 4 aromatic rings. The summed E-state index contributed by atoms with van der Waals surface area (Å²) in [4.78, 5) is 32.6. The highest BCUT2D eigenvalue weighted by atomic mass is 32.1. The molecule has 0 fully saturated rings. The van der Waals surface area contributed by atoms with Crippen LogP contribution in [0.4, 0.5) is 5.69 Å². The summed E-state index contributed by atoms with van der Waals surface area (Å²) >= 11 is 1.26. The molecule has 3 aromatic heterocycles. The van der Waals surface area contributed by atoms with Gasteiger partial charge in [0.05, 0.1) is 16.9 Å². The lowest BCUT2D eigenvalue weighted by molar-refractivity contribution is -0.384. The number of aryl methyl sites for hydroxylation is 1. The van der Waals surface area contributed by atoms with Crippen LogP contribution in [-0.2, 0) is 4.74 Å². The minimum Gasteiger partial charge on any atom is -0.462 e. The maximum absolute atomic E-state index is 12.1. The van der Waals surface area contributed by atoms with Gasteiger partial charge in [0.2, 0.25) is 0 Å². The van der Waals surface area contributed by atoms with Crippen LogP contribution in [0.15, 0.2) is 30.6 Å². The van der Waals surface area contributed by atoms with Gasteiger partial charge < -0.3 is 4.74 Å². The van der Waals surface area contributed by atoms with Crippen LogP contribution in [-0.4, -0.2) is 37.1 Å². The van der Waals surface area contributed by atoms with Crippen LogP contribution in [0.3, 0.4) is 0 Å². The van der Waals surface area contributed by atoms with E-state index in [9.17, 15) is 14.9 Å². The lowest BCUT2D eigenvalue weighted by Crippen LogP contribution is -2.03. The molecule has 0 bridgehead atoms. The summed E-state index contributed by atoms with van der Waals surface area (Å²) in [5.41, 5.74) is 1.96. The molecule has 27 heavy (non-hydrogen) atoms. The largest absolute Gasteiger partial charge is 0.462 e. The van der Waals surface area contributed by atoms with Gasteiger partial charge in [-0.25, -0.2) is 19.3 Å². The van der Waals surface area contributed by atoms with Gasteiger partial charge in [-0.1, -0.05) is 0 Å². The fraction of sp³-hybridized carbons (Fsp3) is 0.176. The van der Waals surface area contributed by atoms with Gasteiger partial charge in [0.15, 0.2) is 11.5 Å².